The summed E-state index contributed by atoms with van der Waals surface area (Å²) in [5.41, 5.74) is 0. The van der Waals surface area contributed by atoms with E-state index < -0.39 is 0 Å². The molecule has 44 valence electrons. The molecule has 0 N–H and O–H groups in total. The molecule has 1 aliphatic heterocycles. The highest BCUT2D eigenvalue weighted by molar-refractivity contribution is 8.00. The van der Waals surface area contributed by atoms with Gasteiger partial charge in [-0.15, -0.1) is 0 Å². The van der Waals surface area contributed by atoms with Crippen LogP contribution in [0.3, 0.4) is 0 Å². The quantitative estimate of drug-likeness (QED) is 0.404. The van der Waals surface area contributed by atoms with E-state index in [1.165, 1.54) is 15.8 Å². The van der Waals surface area contributed by atoms with Gasteiger partial charge in [0, 0.05) is 18.0 Å². The Labute approximate surface area is 62.2 Å². The van der Waals surface area contributed by atoms with Crippen LogP contribution in [0, 0.1) is 0 Å². The summed E-state index contributed by atoms with van der Waals surface area (Å²) in [5.74, 6) is 0. The molecule has 0 atom stereocenters. The van der Waals surface area contributed by atoms with Crippen molar-refractivity contribution in [2.24, 2.45) is 0 Å². The van der Waals surface area contributed by atoms with Crippen molar-refractivity contribution in [1.82, 2.24) is 3.82 Å². The van der Waals surface area contributed by atoms with Gasteiger partial charge < -0.3 is 0 Å². The molecule has 1 aliphatic rings. The fraction of sp³-hybridized carbons (Fsp3) is 0. The van der Waals surface area contributed by atoms with E-state index in [0.717, 1.165) is 0 Å². The van der Waals surface area contributed by atoms with E-state index in [-0.39, 0.29) is 0 Å². The van der Waals surface area contributed by atoms with E-state index >= 15 is 0 Å². The molecule has 0 saturated heterocycles. The number of hydrogen-bond donors (Lipinski definition) is 0. The van der Waals surface area contributed by atoms with Gasteiger partial charge in [0.1, 0.15) is 0 Å². The van der Waals surface area contributed by atoms with E-state index in [1.54, 1.807) is 12.3 Å². The van der Waals surface area contributed by atoms with E-state index in [4.69, 9.17) is 23.4 Å². The van der Waals surface area contributed by atoms with Gasteiger partial charge in [-0.25, -0.2) is 3.82 Å². The molecular weight excluding hydrogens is 165 g/mol. The summed E-state index contributed by atoms with van der Waals surface area (Å²) in [6.45, 7) is 0. The third kappa shape index (κ3) is 1.62. The third-order valence-electron chi connectivity index (χ3n) is 0.614. The minimum absolute atomic E-state index is 0.652. The standard InChI is InChI=1S/C4H3Cl2NS/c5-4-1-2-8-7(6)3-4/h1-3H. The molecular formula is C4H3Cl2NS. The molecule has 1 nitrogen and oxygen atoms in total. The Morgan fingerprint density at radius 3 is 2.75 bits per heavy atom. The zero-order chi connectivity index (χ0) is 5.98. The minimum Gasteiger partial charge on any atom is -0.229 e. The molecule has 0 fully saturated rings. The lowest BCUT2D eigenvalue weighted by Crippen LogP contribution is -1.91. The molecule has 1 rings (SSSR count). The maximum Gasteiger partial charge on any atom is 0.0594 e. The van der Waals surface area contributed by atoms with Crippen LogP contribution in [0.5, 0.6) is 0 Å². The highest BCUT2D eigenvalue weighted by Crippen LogP contribution is 2.23. The van der Waals surface area contributed by atoms with Gasteiger partial charge in [0.05, 0.1) is 5.03 Å². The second-order valence-electron chi connectivity index (χ2n) is 1.19. The lowest BCUT2D eigenvalue weighted by atomic mass is 10.6. The lowest BCUT2D eigenvalue weighted by Gasteiger charge is -2.08. The summed E-state index contributed by atoms with van der Waals surface area (Å²) in [4.78, 5) is 0. The first-order valence-electron chi connectivity index (χ1n) is 1.95. The average molecular weight is 168 g/mol. The third-order valence-corrected chi connectivity index (χ3v) is 1.74. The molecule has 1 heterocycles. The van der Waals surface area contributed by atoms with Crippen LogP contribution in [0.1, 0.15) is 0 Å². The summed E-state index contributed by atoms with van der Waals surface area (Å²) in [6.07, 6.45) is 3.42. The second-order valence-corrected chi connectivity index (χ2v) is 3.07. The molecule has 0 unspecified atom stereocenters. The highest BCUT2D eigenvalue weighted by atomic mass is 35.5. The number of nitrogens with zero attached hydrogens (tertiary/aromatic N) is 1. The molecule has 0 aromatic carbocycles. The Morgan fingerprint density at radius 1 is 1.62 bits per heavy atom. The van der Waals surface area contributed by atoms with Crippen molar-refractivity contribution in [1.29, 1.82) is 0 Å². The number of allylic oxidation sites excluding steroid dienone is 2. The van der Waals surface area contributed by atoms with Crippen LogP contribution >= 0.6 is 35.3 Å². The van der Waals surface area contributed by atoms with Gasteiger partial charge in [0.15, 0.2) is 0 Å². The number of halogens is 2. The summed E-state index contributed by atoms with van der Waals surface area (Å²) in [7, 11) is 0. The molecule has 0 spiro atoms. The van der Waals surface area contributed by atoms with Gasteiger partial charge in [-0.2, -0.15) is 0 Å². The zero-order valence-electron chi connectivity index (χ0n) is 3.84. The van der Waals surface area contributed by atoms with Crippen LogP contribution < -0.4 is 0 Å². The van der Waals surface area contributed by atoms with Crippen molar-refractivity contribution < 1.29 is 0 Å². The average Bonchev–Trinajstić information content (AvgIpc) is 1.64. The molecule has 0 amide bonds. The Kier molecular flexibility index (Phi) is 2.11. The highest BCUT2D eigenvalue weighted by Gasteiger charge is 1.98. The Morgan fingerprint density at radius 2 is 2.38 bits per heavy atom. The van der Waals surface area contributed by atoms with Crippen molar-refractivity contribution >= 4 is 35.3 Å². The summed E-state index contributed by atoms with van der Waals surface area (Å²) in [6, 6.07) is 0. The second kappa shape index (κ2) is 2.67. The van der Waals surface area contributed by atoms with Gasteiger partial charge in [-0.3, -0.25) is 0 Å². The first-order valence-corrected chi connectivity index (χ1v) is 3.50. The van der Waals surface area contributed by atoms with Gasteiger partial charge in [-0.1, -0.05) is 11.6 Å². The Hall–Kier alpha value is 0.210. The van der Waals surface area contributed by atoms with Crippen LogP contribution in [0.2, 0.25) is 0 Å². The van der Waals surface area contributed by atoms with E-state index in [0.29, 0.717) is 5.03 Å². The van der Waals surface area contributed by atoms with Crippen molar-refractivity contribution in [2.75, 3.05) is 0 Å². The predicted octanol–water partition coefficient (Wildman–Crippen LogP) is 2.70. The molecule has 0 aromatic rings. The first kappa shape index (κ1) is 6.33. The van der Waals surface area contributed by atoms with Crippen LogP contribution in [0.4, 0.5) is 0 Å². The summed E-state index contributed by atoms with van der Waals surface area (Å²) >= 11 is 12.4. The predicted molar refractivity (Wildman–Crippen MR) is 38.4 cm³/mol. The van der Waals surface area contributed by atoms with E-state index in [9.17, 15) is 0 Å². The smallest absolute Gasteiger partial charge is 0.0594 e. The SMILES string of the molecule is ClC1=CN(Cl)SC=C1. The van der Waals surface area contributed by atoms with Crippen molar-refractivity contribution in [3.8, 4) is 0 Å². The van der Waals surface area contributed by atoms with Crippen LogP contribution in [-0.4, -0.2) is 3.82 Å². The van der Waals surface area contributed by atoms with Crippen molar-refractivity contribution in [2.45, 2.75) is 0 Å². The van der Waals surface area contributed by atoms with E-state index in [2.05, 4.69) is 0 Å². The summed E-state index contributed by atoms with van der Waals surface area (Å²) in [5, 5.41) is 2.47. The zero-order valence-corrected chi connectivity index (χ0v) is 6.17. The van der Waals surface area contributed by atoms with Crippen molar-refractivity contribution in [3.63, 3.8) is 0 Å². The summed E-state index contributed by atoms with van der Waals surface area (Å²) < 4.78 is 1.42. The Balaban J connectivity index is 2.63. The van der Waals surface area contributed by atoms with Crippen molar-refractivity contribution in [3.05, 3.63) is 22.7 Å². The molecule has 0 bridgehead atoms. The molecule has 4 heteroatoms. The largest absolute Gasteiger partial charge is 0.229 e. The van der Waals surface area contributed by atoms with Crippen LogP contribution in [0.15, 0.2) is 22.7 Å². The minimum atomic E-state index is 0.652. The number of hydrogen-bond acceptors (Lipinski definition) is 2. The van der Waals surface area contributed by atoms with Crippen LogP contribution in [0.25, 0.3) is 0 Å². The topological polar surface area (TPSA) is 3.24 Å². The lowest BCUT2D eigenvalue weighted by molar-refractivity contribution is 1.01. The fourth-order valence-corrected chi connectivity index (χ4v) is 1.41. The maximum absolute atomic E-state index is 5.55. The first-order chi connectivity index (χ1) is 3.79. The molecule has 0 aromatic heterocycles. The van der Waals surface area contributed by atoms with Gasteiger partial charge in [0.25, 0.3) is 0 Å². The molecule has 0 radical (unpaired) electrons. The van der Waals surface area contributed by atoms with Crippen LogP contribution in [-0.2, 0) is 0 Å². The number of rotatable bonds is 0. The van der Waals surface area contributed by atoms with E-state index in [1.807, 2.05) is 5.41 Å². The molecule has 0 aliphatic carbocycles. The van der Waals surface area contributed by atoms with Gasteiger partial charge in [-0.05, 0) is 23.4 Å². The Bertz CT molecular complexity index is 143. The monoisotopic (exact) mass is 167 g/mol. The molecule has 0 saturated carbocycles. The normalized spacial score (nSPS) is 18.8. The fourth-order valence-electron chi connectivity index (χ4n) is 0.324. The van der Waals surface area contributed by atoms with Gasteiger partial charge >= 0.3 is 0 Å². The molecule has 8 heavy (non-hydrogen) atoms. The maximum atomic E-state index is 5.55. The van der Waals surface area contributed by atoms with Gasteiger partial charge in [0.2, 0.25) is 0 Å².